The summed E-state index contributed by atoms with van der Waals surface area (Å²) in [4.78, 5) is 21.8. The van der Waals surface area contributed by atoms with Gasteiger partial charge in [-0.3, -0.25) is 14.5 Å². The number of nitrogens with zero attached hydrogens (tertiary/aromatic N) is 5. The van der Waals surface area contributed by atoms with E-state index in [2.05, 4.69) is 22.0 Å². The molecule has 144 valence electrons. The number of hydrogen-bond acceptors (Lipinski definition) is 5. The zero-order valence-electron chi connectivity index (χ0n) is 15.9. The Morgan fingerprint density at radius 3 is 3.04 bits per heavy atom. The van der Waals surface area contributed by atoms with Crippen molar-refractivity contribution in [3.63, 3.8) is 0 Å². The molecule has 0 aliphatic carbocycles. The zero-order chi connectivity index (χ0) is 18.6. The summed E-state index contributed by atoms with van der Waals surface area (Å²) in [5, 5.41) is 4.62. The number of carbonyl (C=O) groups excluding carboxylic acids is 1. The zero-order valence-corrected chi connectivity index (χ0v) is 15.9. The van der Waals surface area contributed by atoms with Crippen LogP contribution in [0.4, 0.5) is 0 Å². The molecule has 1 fully saturated rings. The number of fused-ring (bicyclic) bond motifs is 1. The van der Waals surface area contributed by atoms with Gasteiger partial charge in [-0.2, -0.15) is 5.10 Å². The molecule has 27 heavy (non-hydrogen) atoms. The van der Waals surface area contributed by atoms with Crippen LogP contribution in [0.3, 0.4) is 0 Å². The Balaban J connectivity index is 1.55. The molecule has 4 heterocycles. The van der Waals surface area contributed by atoms with Gasteiger partial charge in [0.15, 0.2) is 5.69 Å². The van der Waals surface area contributed by atoms with Gasteiger partial charge in [0.05, 0.1) is 24.0 Å². The summed E-state index contributed by atoms with van der Waals surface area (Å²) in [6.45, 7) is 4.57. The fourth-order valence-electron chi connectivity index (χ4n) is 3.83. The minimum absolute atomic E-state index is 0.0422. The first kappa shape index (κ1) is 18.1. The maximum absolute atomic E-state index is 13.3. The predicted octanol–water partition coefficient (Wildman–Crippen LogP) is 1.93. The lowest BCUT2D eigenvalue weighted by molar-refractivity contribution is 0.0499. The largest absolute Gasteiger partial charge is 0.376 e. The van der Waals surface area contributed by atoms with E-state index in [0.29, 0.717) is 18.8 Å². The Morgan fingerprint density at radius 2 is 2.26 bits per heavy atom. The normalized spacial score (nSPS) is 20.3. The third-order valence-corrected chi connectivity index (χ3v) is 5.24. The molecular weight excluding hydrogens is 342 g/mol. The van der Waals surface area contributed by atoms with Gasteiger partial charge in [0.2, 0.25) is 0 Å². The highest BCUT2D eigenvalue weighted by Crippen LogP contribution is 2.18. The summed E-state index contributed by atoms with van der Waals surface area (Å²) in [7, 11) is 2.11. The fraction of sp³-hybridized carbons (Fsp3) is 0.550. The number of aromatic nitrogens is 3. The Labute approximate surface area is 159 Å². The van der Waals surface area contributed by atoms with Crippen LogP contribution in [0, 0.1) is 0 Å². The summed E-state index contributed by atoms with van der Waals surface area (Å²) in [5.74, 6) is -0.0422. The molecule has 2 aromatic rings. The van der Waals surface area contributed by atoms with Gasteiger partial charge in [0.1, 0.15) is 0 Å². The minimum Gasteiger partial charge on any atom is -0.376 e. The van der Waals surface area contributed by atoms with Crippen LogP contribution < -0.4 is 0 Å². The van der Waals surface area contributed by atoms with Crippen LogP contribution in [-0.2, 0) is 24.4 Å². The number of hydrogen-bond donors (Lipinski definition) is 0. The second kappa shape index (κ2) is 8.19. The van der Waals surface area contributed by atoms with Gasteiger partial charge in [-0.1, -0.05) is 6.07 Å². The highest BCUT2D eigenvalue weighted by molar-refractivity contribution is 5.92. The lowest BCUT2D eigenvalue weighted by Gasteiger charge is -2.24. The molecule has 0 saturated carbocycles. The van der Waals surface area contributed by atoms with Crippen molar-refractivity contribution in [2.75, 3.05) is 26.7 Å². The quantitative estimate of drug-likeness (QED) is 0.806. The van der Waals surface area contributed by atoms with Gasteiger partial charge in [0, 0.05) is 39.0 Å². The number of rotatable bonds is 5. The number of pyridine rings is 1. The van der Waals surface area contributed by atoms with Crippen molar-refractivity contribution in [1.29, 1.82) is 0 Å². The molecule has 0 N–H and O–H groups in total. The SMILES string of the molecule is CN1CCCn2nc(C(=O)N(Cc3ccccn3)CC3CCCO3)cc2C1. The number of aryl methyl sites for hydroxylation is 1. The van der Waals surface area contributed by atoms with E-state index in [1.807, 2.05) is 33.8 Å². The molecule has 0 spiro atoms. The van der Waals surface area contributed by atoms with Gasteiger partial charge in [-0.25, -0.2) is 0 Å². The van der Waals surface area contributed by atoms with Gasteiger partial charge < -0.3 is 14.5 Å². The van der Waals surface area contributed by atoms with E-state index in [1.165, 1.54) is 0 Å². The maximum Gasteiger partial charge on any atom is 0.274 e. The van der Waals surface area contributed by atoms with Crippen LogP contribution in [0.15, 0.2) is 30.5 Å². The van der Waals surface area contributed by atoms with E-state index in [9.17, 15) is 4.79 Å². The third kappa shape index (κ3) is 4.36. The first-order valence-corrected chi connectivity index (χ1v) is 9.75. The summed E-state index contributed by atoms with van der Waals surface area (Å²) in [6.07, 6.45) is 4.97. The minimum atomic E-state index is -0.0422. The van der Waals surface area contributed by atoms with E-state index >= 15 is 0 Å². The van der Waals surface area contributed by atoms with Crippen molar-refractivity contribution in [3.05, 3.63) is 47.5 Å². The average Bonchev–Trinajstić information content (AvgIpc) is 3.28. The second-order valence-electron chi connectivity index (χ2n) is 7.48. The van der Waals surface area contributed by atoms with E-state index in [4.69, 9.17) is 4.74 Å². The van der Waals surface area contributed by atoms with Crippen molar-refractivity contribution < 1.29 is 9.53 Å². The van der Waals surface area contributed by atoms with Crippen LogP contribution >= 0.6 is 0 Å². The molecule has 0 bridgehead atoms. The summed E-state index contributed by atoms with van der Waals surface area (Å²) in [6, 6.07) is 7.74. The maximum atomic E-state index is 13.3. The first-order valence-electron chi connectivity index (χ1n) is 9.75. The molecule has 1 unspecified atom stereocenters. The Bertz CT molecular complexity index is 770. The summed E-state index contributed by atoms with van der Waals surface area (Å²) < 4.78 is 7.76. The molecule has 1 atom stereocenters. The highest BCUT2D eigenvalue weighted by Gasteiger charge is 2.26. The molecule has 0 radical (unpaired) electrons. The van der Waals surface area contributed by atoms with E-state index < -0.39 is 0 Å². The Hall–Kier alpha value is -2.25. The van der Waals surface area contributed by atoms with Crippen molar-refractivity contribution in [3.8, 4) is 0 Å². The highest BCUT2D eigenvalue weighted by atomic mass is 16.5. The van der Waals surface area contributed by atoms with E-state index in [-0.39, 0.29) is 12.0 Å². The summed E-state index contributed by atoms with van der Waals surface area (Å²) in [5.41, 5.74) is 2.51. The van der Waals surface area contributed by atoms with Crippen LogP contribution in [0.5, 0.6) is 0 Å². The van der Waals surface area contributed by atoms with Crippen LogP contribution in [0.1, 0.15) is 41.1 Å². The molecule has 1 saturated heterocycles. The number of amides is 1. The lowest BCUT2D eigenvalue weighted by Crippen LogP contribution is -2.37. The molecule has 7 nitrogen and oxygen atoms in total. The average molecular weight is 369 g/mol. The molecule has 2 aromatic heterocycles. The van der Waals surface area contributed by atoms with Gasteiger partial charge in [-0.15, -0.1) is 0 Å². The van der Waals surface area contributed by atoms with Crippen LogP contribution in [0.2, 0.25) is 0 Å². The van der Waals surface area contributed by atoms with Crippen molar-refractivity contribution in [1.82, 2.24) is 24.6 Å². The topological polar surface area (TPSA) is 63.5 Å². The molecule has 7 heteroatoms. The molecular formula is C20H27N5O2. The lowest BCUT2D eigenvalue weighted by atomic mass is 10.2. The van der Waals surface area contributed by atoms with Crippen molar-refractivity contribution in [2.45, 2.75) is 45.0 Å². The molecule has 0 aromatic carbocycles. The molecule has 2 aliphatic rings. The summed E-state index contributed by atoms with van der Waals surface area (Å²) >= 11 is 0. The van der Waals surface area contributed by atoms with Gasteiger partial charge in [0.25, 0.3) is 5.91 Å². The fourth-order valence-corrected chi connectivity index (χ4v) is 3.83. The van der Waals surface area contributed by atoms with Crippen LogP contribution in [-0.4, -0.2) is 63.3 Å². The first-order chi connectivity index (χ1) is 13.2. The van der Waals surface area contributed by atoms with Crippen molar-refractivity contribution in [2.24, 2.45) is 0 Å². The predicted molar refractivity (Wildman–Crippen MR) is 101 cm³/mol. The molecule has 1 amide bonds. The molecule has 2 aliphatic heterocycles. The molecule has 4 rings (SSSR count). The Morgan fingerprint density at radius 1 is 1.33 bits per heavy atom. The number of ether oxygens (including phenoxy) is 1. The number of carbonyl (C=O) groups is 1. The van der Waals surface area contributed by atoms with Crippen molar-refractivity contribution >= 4 is 5.91 Å². The monoisotopic (exact) mass is 369 g/mol. The third-order valence-electron chi connectivity index (χ3n) is 5.24. The van der Waals surface area contributed by atoms with Crippen LogP contribution in [0.25, 0.3) is 0 Å². The second-order valence-corrected chi connectivity index (χ2v) is 7.48. The van der Waals surface area contributed by atoms with E-state index in [0.717, 1.165) is 56.9 Å². The van der Waals surface area contributed by atoms with E-state index in [1.54, 1.807) is 6.20 Å². The Kier molecular flexibility index (Phi) is 5.50. The van der Waals surface area contributed by atoms with Gasteiger partial charge in [-0.05, 0) is 44.5 Å². The smallest absolute Gasteiger partial charge is 0.274 e. The van der Waals surface area contributed by atoms with Gasteiger partial charge >= 0.3 is 0 Å². The standard InChI is InChI=1S/C20H27N5O2/c1-23-9-5-10-25-17(14-23)12-19(22-25)20(26)24(15-18-7-4-11-27-18)13-16-6-2-3-8-21-16/h2-3,6,8,12,18H,4-5,7,9-11,13-15H2,1H3.